The van der Waals surface area contributed by atoms with E-state index in [0.717, 1.165) is 16.5 Å². The number of carboxylic acid groups (broad SMARTS) is 1. The third-order valence-corrected chi connectivity index (χ3v) is 9.38. The molecule has 0 saturated carbocycles. The second-order valence-electron chi connectivity index (χ2n) is 13.8. The molecule has 0 fully saturated rings. The number of aromatic nitrogens is 6. The molecule has 50 heavy (non-hydrogen) atoms. The van der Waals surface area contributed by atoms with Gasteiger partial charge in [-0.15, -0.1) is 0 Å². The van der Waals surface area contributed by atoms with E-state index in [4.69, 9.17) is 19.6 Å². The number of aliphatic carboxylic acids is 1. The second-order valence-corrected chi connectivity index (χ2v) is 13.8. The summed E-state index contributed by atoms with van der Waals surface area (Å²) in [6.45, 7) is 6.45. The van der Waals surface area contributed by atoms with E-state index >= 15 is 8.78 Å². The Morgan fingerprint density at radius 1 is 1.12 bits per heavy atom. The van der Waals surface area contributed by atoms with Crippen molar-refractivity contribution in [1.82, 2.24) is 29.5 Å². The maximum atomic E-state index is 15.8. The number of carboxylic acids is 1. The van der Waals surface area contributed by atoms with Gasteiger partial charge in [0.2, 0.25) is 5.88 Å². The summed E-state index contributed by atoms with van der Waals surface area (Å²) in [5.41, 5.74) is 2.81. The number of nitrogens with one attached hydrogen (secondary N) is 1. The number of aryl methyl sites for hydroxylation is 1. The Bertz CT molecular complexity index is 2200. The van der Waals surface area contributed by atoms with Gasteiger partial charge in [-0.2, -0.15) is 10.2 Å². The zero-order valence-electron chi connectivity index (χ0n) is 28.3. The van der Waals surface area contributed by atoms with Crippen LogP contribution in [0.5, 0.6) is 17.4 Å². The Morgan fingerprint density at radius 2 is 1.96 bits per heavy atom. The molecule has 258 valence electrons. The first-order chi connectivity index (χ1) is 24.0. The smallest absolute Gasteiger partial charge is 0.306 e. The topological polar surface area (TPSA) is 120 Å². The van der Waals surface area contributed by atoms with Crippen molar-refractivity contribution in [3.05, 3.63) is 107 Å². The van der Waals surface area contributed by atoms with Gasteiger partial charge in [0.25, 0.3) is 0 Å². The molecule has 2 N–H and O–H groups in total. The fourth-order valence-corrected chi connectivity index (χ4v) is 6.55. The molecule has 4 bridgehead atoms. The van der Waals surface area contributed by atoms with Crippen LogP contribution in [0.25, 0.3) is 22.3 Å². The van der Waals surface area contributed by atoms with Gasteiger partial charge in [-0.3, -0.25) is 4.79 Å². The van der Waals surface area contributed by atoms with Crippen molar-refractivity contribution in [3.63, 3.8) is 0 Å². The van der Waals surface area contributed by atoms with Gasteiger partial charge in [0.05, 0.1) is 30.8 Å². The Labute approximate surface area is 287 Å². The Balaban J connectivity index is 1.36. The minimum absolute atomic E-state index is 0.00614. The maximum Gasteiger partial charge on any atom is 0.306 e. The Kier molecular flexibility index (Phi) is 8.63. The van der Waals surface area contributed by atoms with E-state index in [0.29, 0.717) is 48.7 Å². The molecule has 2 unspecified atom stereocenters. The summed E-state index contributed by atoms with van der Waals surface area (Å²) in [7, 11) is 1.71. The van der Waals surface area contributed by atoms with Gasteiger partial charge in [-0.25, -0.2) is 23.1 Å². The van der Waals surface area contributed by atoms with Gasteiger partial charge in [0.1, 0.15) is 11.6 Å². The van der Waals surface area contributed by atoms with Crippen LogP contribution in [-0.2, 0) is 24.8 Å². The fraction of sp³-hybridized carbons (Fsp3) is 0.316. The highest BCUT2D eigenvalue weighted by Gasteiger charge is 2.29. The molecule has 1 aliphatic heterocycles. The van der Waals surface area contributed by atoms with E-state index in [9.17, 15) is 9.90 Å². The Hall–Kier alpha value is -5.52. The second kappa shape index (κ2) is 13.1. The van der Waals surface area contributed by atoms with Crippen LogP contribution in [0.3, 0.4) is 0 Å². The molecular weight excluding hydrogens is 642 g/mol. The van der Waals surface area contributed by atoms with Gasteiger partial charge in [-0.05, 0) is 60.1 Å². The van der Waals surface area contributed by atoms with Gasteiger partial charge in [0, 0.05) is 47.8 Å². The molecule has 1 aliphatic rings. The van der Waals surface area contributed by atoms with E-state index in [1.54, 1.807) is 41.8 Å². The molecule has 3 aromatic heterocycles. The molecule has 3 aromatic carbocycles. The summed E-state index contributed by atoms with van der Waals surface area (Å²) >= 11 is 0. The summed E-state index contributed by atoms with van der Waals surface area (Å²) in [4.78, 5) is 19.6. The highest BCUT2D eigenvalue weighted by atomic mass is 19.1. The van der Waals surface area contributed by atoms with Crippen LogP contribution in [0.4, 0.5) is 8.78 Å². The van der Waals surface area contributed by atoms with Crippen molar-refractivity contribution < 1.29 is 28.2 Å². The number of hydrogen-bond acceptors (Lipinski definition) is 6. The molecule has 10 nitrogen and oxygen atoms in total. The molecule has 2 atom stereocenters. The standard InChI is InChI=1S/C38H38F2N6O4/c1-22(37(47)48)16-23-6-5-7-24(17-23)26-10-13-38(2,3)21-49-33-12-15-42-46(33)20-29-27-11-14-41-32(27)19-31(40)34(29)50-25-8-9-30(39)28(18-25)36-43-35(26)44-45(36)4/h5-9,11-12,14-15,17-19,22,26,41H,10,13,16,20-21H2,1-4H3,(H,47,48). The highest BCUT2D eigenvalue weighted by Crippen LogP contribution is 2.39. The van der Waals surface area contributed by atoms with Crippen molar-refractivity contribution in [1.29, 1.82) is 0 Å². The van der Waals surface area contributed by atoms with E-state index in [2.05, 4.69) is 23.9 Å². The van der Waals surface area contributed by atoms with Crippen LogP contribution in [-0.4, -0.2) is 47.2 Å². The van der Waals surface area contributed by atoms with Crippen LogP contribution in [0.15, 0.2) is 73.1 Å². The summed E-state index contributed by atoms with van der Waals surface area (Å²) < 4.78 is 47.2. The van der Waals surface area contributed by atoms with E-state index in [1.165, 1.54) is 24.3 Å². The number of halogens is 2. The number of aromatic amines is 1. The van der Waals surface area contributed by atoms with Crippen LogP contribution >= 0.6 is 0 Å². The SMILES string of the molecule is CC(Cc1cccc(C2CCC(C)(C)COc3ccnn3Cc3c(c(F)cc4[nH]ccc34)Oc3ccc(F)c(c3)-c3nc2nn3C)c1)C(=O)O. The zero-order valence-corrected chi connectivity index (χ0v) is 28.3. The van der Waals surface area contributed by atoms with Gasteiger partial charge in [0.15, 0.2) is 23.2 Å². The minimum atomic E-state index is -0.858. The molecule has 12 heteroatoms. The van der Waals surface area contributed by atoms with Crippen molar-refractivity contribution >= 4 is 16.9 Å². The number of ether oxygens (including phenoxy) is 2. The first-order valence-corrected chi connectivity index (χ1v) is 16.6. The van der Waals surface area contributed by atoms with E-state index in [-0.39, 0.29) is 40.8 Å². The lowest BCUT2D eigenvalue weighted by Crippen LogP contribution is -2.24. The average molecular weight is 681 g/mol. The molecular formula is C38H38F2N6O4. The summed E-state index contributed by atoms with van der Waals surface area (Å²) in [6.07, 6.45) is 5.11. The molecule has 6 aromatic rings. The predicted molar refractivity (Wildman–Crippen MR) is 183 cm³/mol. The molecule has 0 amide bonds. The van der Waals surface area contributed by atoms with Crippen LogP contribution in [0.1, 0.15) is 62.0 Å². The predicted octanol–water partition coefficient (Wildman–Crippen LogP) is 7.87. The average Bonchev–Trinajstić information content (AvgIpc) is 3.82. The van der Waals surface area contributed by atoms with Crippen LogP contribution in [0, 0.1) is 23.0 Å². The molecule has 0 saturated heterocycles. The number of carbonyl (C=O) groups is 1. The van der Waals surface area contributed by atoms with Crippen LogP contribution in [0.2, 0.25) is 0 Å². The first kappa shape index (κ1) is 33.0. The fourth-order valence-electron chi connectivity index (χ4n) is 6.55. The number of benzene rings is 3. The molecule has 0 aliphatic carbocycles. The lowest BCUT2D eigenvalue weighted by Gasteiger charge is -2.27. The lowest BCUT2D eigenvalue weighted by molar-refractivity contribution is -0.141. The summed E-state index contributed by atoms with van der Waals surface area (Å²) in [5.74, 6) is -1.29. The molecule has 4 heterocycles. The third kappa shape index (κ3) is 6.57. The quantitative estimate of drug-likeness (QED) is 0.194. The molecule has 7 rings (SSSR count). The van der Waals surface area contributed by atoms with Crippen molar-refractivity contribution in [2.45, 2.75) is 52.5 Å². The number of H-pyrrole nitrogens is 1. The molecule has 0 spiro atoms. The largest absolute Gasteiger partial charge is 0.481 e. The van der Waals surface area contributed by atoms with Gasteiger partial charge >= 0.3 is 5.97 Å². The molecule has 0 radical (unpaired) electrons. The van der Waals surface area contributed by atoms with Crippen molar-refractivity contribution in [3.8, 4) is 28.8 Å². The van der Waals surface area contributed by atoms with E-state index < -0.39 is 23.5 Å². The third-order valence-electron chi connectivity index (χ3n) is 9.38. The monoisotopic (exact) mass is 680 g/mol. The minimum Gasteiger partial charge on any atom is -0.481 e. The lowest BCUT2D eigenvalue weighted by atomic mass is 9.82. The van der Waals surface area contributed by atoms with Gasteiger partial charge in [-0.1, -0.05) is 45.0 Å². The van der Waals surface area contributed by atoms with Crippen molar-refractivity contribution in [2.75, 3.05) is 6.61 Å². The first-order valence-electron chi connectivity index (χ1n) is 16.6. The van der Waals surface area contributed by atoms with Crippen LogP contribution < -0.4 is 9.47 Å². The summed E-state index contributed by atoms with van der Waals surface area (Å²) in [5, 5.41) is 19.6. The van der Waals surface area contributed by atoms with Crippen molar-refractivity contribution in [2.24, 2.45) is 18.4 Å². The normalized spacial score (nSPS) is 16.7. The highest BCUT2D eigenvalue weighted by molar-refractivity contribution is 5.85. The Morgan fingerprint density at radius 3 is 2.78 bits per heavy atom. The maximum absolute atomic E-state index is 15.8. The number of nitrogens with zero attached hydrogens (tertiary/aromatic N) is 5. The number of fused-ring (bicyclic) bond motifs is 9. The number of hydrogen-bond donors (Lipinski definition) is 2. The number of rotatable bonds is 4. The summed E-state index contributed by atoms with van der Waals surface area (Å²) in [6, 6.07) is 17.1. The zero-order chi connectivity index (χ0) is 35.2. The van der Waals surface area contributed by atoms with Gasteiger partial charge < -0.3 is 19.6 Å². The van der Waals surface area contributed by atoms with E-state index in [1.807, 2.05) is 30.3 Å².